The van der Waals surface area contributed by atoms with Gasteiger partial charge in [-0.05, 0) is 36.4 Å². The highest BCUT2D eigenvalue weighted by molar-refractivity contribution is 5.67. The molecule has 0 fully saturated rings. The average molecular weight is 256 g/mol. The summed E-state index contributed by atoms with van der Waals surface area (Å²) in [4.78, 5) is 8.29. The highest BCUT2D eigenvalue weighted by Crippen LogP contribution is 2.24. The van der Waals surface area contributed by atoms with Crippen LogP contribution in [-0.4, -0.2) is 15.1 Å². The SMILES string of the molecule is Nc1cccnc1-c1nc(-c2ccc(F)cc2)no1. The summed E-state index contributed by atoms with van der Waals surface area (Å²) in [6.45, 7) is 0. The van der Waals surface area contributed by atoms with Crippen LogP contribution in [0.5, 0.6) is 0 Å². The minimum atomic E-state index is -0.318. The summed E-state index contributed by atoms with van der Waals surface area (Å²) >= 11 is 0. The predicted octanol–water partition coefficient (Wildman–Crippen LogP) is 2.52. The number of pyridine rings is 1. The molecule has 2 aromatic heterocycles. The standard InChI is InChI=1S/C13H9FN4O/c14-9-5-3-8(4-6-9)12-17-13(19-18-12)11-10(15)2-1-7-16-11/h1-7H,15H2. The molecule has 0 unspecified atom stereocenters. The molecule has 0 amide bonds. The Balaban J connectivity index is 2.00. The molecular formula is C13H9FN4O. The Labute approximate surface area is 107 Å². The second-order valence-electron chi connectivity index (χ2n) is 3.87. The van der Waals surface area contributed by atoms with E-state index in [9.17, 15) is 4.39 Å². The molecule has 0 radical (unpaired) electrons. The maximum Gasteiger partial charge on any atom is 0.278 e. The summed E-state index contributed by atoms with van der Waals surface area (Å²) in [5.74, 6) is 0.277. The Kier molecular flexibility index (Phi) is 2.68. The Morgan fingerprint density at radius 2 is 1.89 bits per heavy atom. The van der Waals surface area contributed by atoms with Crippen molar-refractivity contribution in [3.05, 3.63) is 48.4 Å². The molecule has 5 nitrogen and oxygen atoms in total. The number of hydrogen-bond acceptors (Lipinski definition) is 5. The van der Waals surface area contributed by atoms with Crippen LogP contribution in [0.15, 0.2) is 47.1 Å². The fraction of sp³-hybridized carbons (Fsp3) is 0. The van der Waals surface area contributed by atoms with Gasteiger partial charge in [0.25, 0.3) is 5.89 Å². The number of rotatable bonds is 2. The van der Waals surface area contributed by atoms with Gasteiger partial charge in [-0.3, -0.25) is 0 Å². The molecule has 0 atom stereocenters. The third-order valence-corrected chi connectivity index (χ3v) is 2.57. The van der Waals surface area contributed by atoms with E-state index < -0.39 is 0 Å². The first-order chi connectivity index (χ1) is 9.24. The van der Waals surface area contributed by atoms with E-state index in [1.54, 1.807) is 30.5 Å². The van der Waals surface area contributed by atoms with Gasteiger partial charge >= 0.3 is 0 Å². The molecule has 94 valence electrons. The number of hydrogen-bond donors (Lipinski definition) is 1. The van der Waals surface area contributed by atoms with Gasteiger partial charge in [0, 0.05) is 11.8 Å². The van der Waals surface area contributed by atoms with Crippen LogP contribution in [0.2, 0.25) is 0 Å². The summed E-state index contributed by atoms with van der Waals surface area (Å²) in [5.41, 5.74) is 7.33. The molecule has 0 saturated heterocycles. The molecule has 0 bridgehead atoms. The van der Waals surface area contributed by atoms with Gasteiger partial charge in [0.15, 0.2) is 5.69 Å². The Morgan fingerprint density at radius 1 is 1.11 bits per heavy atom. The van der Waals surface area contributed by atoms with E-state index >= 15 is 0 Å². The highest BCUT2D eigenvalue weighted by Gasteiger charge is 2.13. The fourth-order valence-electron chi connectivity index (χ4n) is 1.63. The van der Waals surface area contributed by atoms with Crippen molar-refractivity contribution >= 4 is 5.69 Å². The third kappa shape index (κ3) is 2.15. The number of benzene rings is 1. The van der Waals surface area contributed by atoms with Crippen LogP contribution in [0, 0.1) is 5.82 Å². The number of nitrogens with two attached hydrogens (primary N) is 1. The number of anilines is 1. The van der Waals surface area contributed by atoms with Gasteiger partial charge in [-0.1, -0.05) is 5.16 Å². The van der Waals surface area contributed by atoms with Gasteiger partial charge in [0.05, 0.1) is 5.69 Å². The largest absolute Gasteiger partial charge is 0.397 e. The van der Waals surface area contributed by atoms with E-state index in [-0.39, 0.29) is 11.7 Å². The first-order valence-corrected chi connectivity index (χ1v) is 5.54. The van der Waals surface area contributed by atoms with E-state index in [0.717, 1.165) is 0 Å². The monoisotopic (exact) mass is 256 g/mol. The first kappa shape index (κ1) is 11.3. The van der Waals surface area contributed by atoms with Crippen molar-refractivity contribution < 1.29 is 8.91 Å². The van der Waals surface area contributed by atoms with E-state index in [1.807, 2.05) is 0 Å². The fourth-order valence-corrected chi connectivity index (χ4v) is 1.63. The molecule has 2 heterocycles. The van der Waals surface area contributed by atoms with Gasteiger partial charge < -0.3 is 10.3 Å². The molecule has 6 heteroatoms. The van der Waals surface area contributed by atoms with Crippen LogP contribution in [0.3, 0.4) is 0 Å². The maximum atomic E-state index is 12.8. The predicted molar refractivity (Wildman–Crippen MR) is 67.3 cm³/mol. The Hall–Kier alpha value is -2.76. The molecule has 0 saturated carbocycles. The molecule has 3 aromatic rings. The lowest BCUT2D eigenvalue weighted by Crippen LogP contribution is -1.92. The zero-order valence-electron chi connectivity index (χ0n) is 9.75. The molecule has 0 aliphatic carbocycles. The van der Waals surface area contributed by atoms with Crippen molar-refractivity contribution in [2.75, 3.05) is 5.73 Å². The first-order valence-electron chi connectivity index (χ1n) is 5.54. The summed E-state index contributed by atoms with van der Waals surface area (Å²) in [7, 11) is 0. The molecular weight excluding hydrogens is 247 g/mol. The zero-order valence-corrected chi connectivity index (χ0v) is 9.75. The van der Waals surface area contributed by atoms with Crippen molar-refractivity contribution in [3.8, 4) is 23.0 Å². The molecule has 2 N–H and O–H groups in total. The smallest absolute Gasteiger partial charge is 0.278 e. The lowest BCUT2D eigenvalue weighted by Gasteiger charge is -1.96. The molecule has 0 spiro atoms. The van der Waals surface area contributed by atoms with Gasteiger partial charge in [-0.15, -0.1) is 0 Å². The average Bonchev–Trinajstić information content (AvgIpc) is 2.89. The molecule has 1 aromatic carbocycles. The van der Waals surface area contributed by atoms with Crippen molar-refractivity contribution in [1.29, 1.82) is 0 Å². The van der Waals surface area contributed by atoms with Crippen LogP contribution < -0.4 is 5.73 Å². The van der Waals surface area contributed by atoms with E-state index in [4.69, 9.17) is 10.3 Å². The van der Waals surface area contributed by atoms with E-state index in [2.05, 4.69) is 15.1 Å². The van der Waals surface area contributed by atoms with Gasteiger partial charge in [-0.25, -0.2) is 9.37 Å². The lowest BCUT2D eigenvalue weighted by molar-refractivity contribution is 0.431. The van der Waals surface area contributed by atoms with Crippen LogP contribution >= 0.6 is 0 Å². The Morgan fingerprint density at radius 3 is 2.63 bits per heavy atom. The molecule has 3 rings (SSSR count). The normalized spacial score (nSPS) is 10.6. The van der Waals surface area contributed by atoms with Gasteiger partial charge in [0.1, 0.15) is 5.82 Å². The van der Waals surface area contributed by atoms with E-state index in [1.165, 1.54) is 12.1 Å². The van der Waals surface area contributed by atoms with Crippen molar-refractivity contribution in [1.82, 2.24) is 15.1 Å². The van der Waals surface area contributed by atoms with Crippen LogP contribution in [0.4, 0.5) is 10.1 Å². The third-order valence-electron chi connectivity index (χ3n) is 2.57. The quantitative estimate of drug-likeness (QED) is 0.762. The highest BCUT2D eigenvalue weighted by atomic mass is 19.1. The number of nitrogens with zero attached hydrogens (tertiary/aromatic N) is 3. The van der Waals surface area contributed by atoms with Gasteiger partial charge in [0.2, 0.25) is 5.82 Å². The molecule has 19 heavy (non-hydrogen) atoms. The minimum Gasteiger partial charge on any atom is -0.397 e. The summed E-state index contributed by atoms with van der Waals surface area (Å²) in [6, 6.07) is 9.23. The topological polar surface area (TPSA) is 77.8 Å². The second kappa shape index (κ2) is 4.49. The lowest BCUT2D eigenvalue weighted by atomic mass is 10.2. The van der Waals surface area contributed by atoms with Gasteiger partial charge in [-0.2, -0.15) is 4.98 Å². The second-order valence-corrected chi connectivity index (χ2v) is 3.87. The van der Waals surface area contributed by atoms with E-state index in [0.29, 0.717) is 22.8 Å². The summed E-state index contributed by atoms with van der Waals surface area (Å²) in [5, 5.41) is 3.83. The van der Waals surface area contributed by atoms with Crippen LogP contribution in [0.25, 0.3) is 23.0 Å². The van der Waals surface area contributed by atoms with Crippen molar-refractivity contribution in [3.63, 3.8) is 0 Å². The van der Waals surface area contributed by atoms with Crippen molar-refractivity contribution in [2.24, 2.45) is 0 Å². The molecule has 0 aliphatic rings. The Bertz CT molecular complexity index is 709. The number of halogens is 1. The molecule has 0 aliphatic heterocycles. The number of aromatic nitrogens is 3. The minimum absolute atomic E-state index is 0.234. The number of nitrogen functional groups attached to an aromatic ring is 1. The maximum absolute atomic E-state index is 12.8. The van der Waals surface area contributed by atoms with Crippen molar-refractivity contribution in [2.45, 2.75) is 0 Å². The summed E-state index contributed by atoms with van der Waals surface area (Å²) in [6.07, 6.45) is 1.59. The van der Waals surface area contributed by atoms with Crippen LogP contribution in [-0.2, 0) is 0 Å². The zero-order chi connectivity index (χ0) is 13.2. The van der Waals surface area contributed by atoms with Crippen LogP contribution in [0.1, 0.15) is 0 Å². The summed E-state index contributed by atoms with van der Waals surface area (Å²) < 4.78 is 18.0.